The van der Waals surface area contributed by atoms with E-state index in [4.69, 9.17) is 14.2 Å². The molecule has 0 rings (SSSR count). The lowest BCUT2D eigenvalue weighted by molar-refractivity contribution is -0.167. The van der Waals surface area contributed by atoms with Gasteiger partial charge in [-0.3, -0.25) is 14.4 Å². The maximum atomic E-state index is 12.9. The van der Waals surface area contributed by atoms with Gasteiger partial charge in [0.1, 0.15) is 13.2 Å². The number of esters is 3. The van der Waals surface area contributed by atoms with Gasteiger partial charge >= 0.3 is 17.9 Å². The van der Waals surface area contributed by atoms with Crippen molar-refractivity contribution >= 4 is 17.9 Å². The number of carbonyl (C=O) groups excluding carboxylic acids is 3. The highest BCUT2D eigenvalue weighted by molar-refractivity contribution is 5.71. The summed E-state index contributed by atoms with van der Waals surface area (Å²) in [6, 6.07) is 0. The lowest BCUT2D eigenvalue weighted by Gasteiger charge is -2.18. The number of hydrogen-bond donors (Lipinski definition) is 0. The molecule has 0 N–H and O–H groups in total. The Labute approximate surface area is 451 Å². The first kappa shape index (κ1) is 69.3. The van der Waals surface area contributed by atoms with Crippen LogP contribution in [0.1, 0.15) is 290 Å². The van der Waals surface area contributed by atoms with Gasteiger partial charge in [0.2, 0.25) is 0 Å². The molecule has 1 atom stereocenters. The Morgan fingerprint density at radius 1 is 0.288 bits per heavy atom. The number of hydrogen-bond acceptors (Lipinski definition) is 6. The third kappa shape index (κ3) is 59.1. The lowest BCUT2D eigenvalue weighted by Crippen LogP contribution is -2.30. The predicted molar refractivity (Wildman–Crippen MR) is 316 cm³/mol. The highest BCUT2D eigenvalue weighted by Crippen LogP contribution is 2.15. The number of carbonyl (C=O) groups is 3. The van der Waals surface area contributed by atoms with E-state index in [0.717, 1.165) is 109 Å². The summed E-state index contributed by atoms with van der Waals surface area (Å²) in [5.74, 6) is -0.928. The Kier molecular flexibility index (Phi) is 57.8. The summed E-state index contributed by atoms with van der Waals surface area (Å²) in [5.41, 5.74) is 0. The van der Waals surface area contributed by atoms with Crippen molar-refractivity contribution in [1.82, 2.24) is 0 Å². The third-order valence-electron chi connectivity index (χ3n) is 13.0. The van der Waals surface area contributed by atoms with Gasteiger partial charge in [-0.15, -0.1) is 0 Å². The molecule has 0 saturated carbocycles. The van der Waals surface area contributed by atoms with Crippen molar-refractivity contribution in [3.8, 4) is 0 Å². The summed E-state index contributed by atoms with van der Waals surface area (Å²) in [4.78, 5) is 38.3. The molecular weight excluding hydrogens is 901 g/mol. The van der Waals surface area contributed by atoms with Crippen molar-refractivity contribution in [2.75, 3.05) is 13.2 Å². The normalized spacial score (nSPS) is 12.8. The molecule has 0 aromatic heterocycles. The summed E-state index contributed by atoms with van der Waals surface area (Å²) in [7, 11) is 0. The van der Waals surface area contributed by atoms with Gasteiger partial charge in [0, 0.05) is 19.3 Å². The van der Waals surface area contributed by atoms with Gasteiger partial charge in [0.15, 0.2) is 6.10 Å². The highest BCUT2D eigenvalue weighted by Gasteiger charge is 2.19. The maximum Gasteiger partial charge on any atom is 0.306 e. The van der Waals surface area contributed by atoms with Gasteiger partial charge in [0.05, 0.1) is 0 Å². The quantitative estimate of drug-likeness (QED) is 0.0261. The Morgan fingerprint density at radius 2 is 0.534 bits per heavy atom. The first-order valence-electron chi connectivity index (χ1n) is 30.7. The molecule has 0 aliphatic rings. The van der Waals surface area contributed by atoms with Crippen LogP contribution in [-0.4, -0.2) is 37.2 Å². The summed E-state index contributed by atoms with van der Waals surface area (Å²) >= 11 is 0. The van der Waals surface area contributed by atoms with E-state index in [1.165, 1.54) is 141 Å². The second-order valence-electron chi connectivity index (χ2n) is 20.2. The van der Waals surface area contributed by atoms with Crippen molar-refractivity contribution in [2.24, 2.45) is 0 Å². The van der Waals surface area contributed by atoms with Crippen LogP contribution in [0.3, 0.4) is 0 Å². The molecule has 0 unspecified atom stereocenters. The van der Waals surface area contributed by atoms with Gasteiger partial charge in [0.25, 0.3) is 0 Å². The van der Waals surface area contributed by atoms with Crippen LogP contribution in [0, 0.1) is 0 Å². The first-order chi connectivity index (χ1) is 36.0. The maximum absolute atomic E-state index is 12.9. The zero-order valence-corrected chi connectivity index (χ0v) is 47.9. The molecule has 6 nitrogen and oxygen atoms in total. The molecule has 0 heterocycles. The molecule has 73 heavy (non-hydrogen) atoms. The lowest BCUT2D eigenvalue weighted by atomic mass is 10.1. The number of ether oxygens (including phenoxy) is 3. The van der Waals surface area contributed by atoms with E-state index in [2.05, 4.69) is 118 Å². The van der Waals surface area contributed by atoms with Crippen molar-refractivity contribution in [3.05, 3.63) is 97.2 Å². The topological polar surface area (TPSA) is 78.9 Å². The number of allylic oxidation sites excluding steroid dienone is 16. The molecule has 0 spiro atoms. The van der Waals surface area contributed by atoms with E-state index >= 15 is 0 Å². The molecule has 0 radical (unpaired) electrons. The van der Waals surface area contributed by atoms with E-state index in [9.17, 15) is 14.4 Å². The second kappa shape index (κ2) is 60.9. The van der Waals surface area contributed by atoms with Crippen LogP contribution in [0.4, 0.5) is 0 Å². The van der Waals surface area contributed by atoms with Crippen molar-refractivity contribution in [3.63, 3.8) is 0 Å². The molecule has 6 heteroatoms. The Bertz CT molecular complexity index is 1440. The zero-order chi connectivity index (χ0) is 52.9. The second-order valence-corrected chi connectivity index (χ2v) is 20.2. The molecular formula is C67H114O6. The summed E-state index contributed by atoms with van der Waals surface area (Å²) in [5, 5.41) is 0. The molecule has 0 fully saturated rings. The standard InChI is InChI=1S/C67H114O6/c1-4-7-10-13-16-19-22-25-28-31-33-36-38-41-44-47-50-53-56-59-65(68)71-62-64(73-67(70)61-58-55-52-49-46-43-40-35-30-27-24-21-18-15-12-9-6-3)63-72-66(69)60-57-54-51-48-45-42-39-37-34-32-29-26-23-20-17-14-11-8-5-2/h7,10,16,18-19,21,25-30,33,36,41,44,64H,4-6,8-9,11-15,17,20,22-24,31-32,34-35,37-40,42-43,45-63H2,1-3H3/b10-7-,19-16-,21-18-,28-25-,29-26-,30-27-,36-33-,44-41-/t64-/m1/s1. The fourth-order valence-corrected chi connectivity index (χ4v) is 8.44. The van der Waals surface area contributed by atoms with Crippen LogP contribution >= 0.6 is 0 Å². The number of unbranched alkanes of at least 4 members (excludes halogenated alkanes) is 28. The van der Waals surface area contributed by atoms with Crippen molar-refractivity contribution < 1.29 is 28.6 Å². The molecule has 0 aromatic rings. The van der Waals surface area contributed by atoms with E-state index in [0.29, 0.717) is 19.3 Å². The van der Waals surface area contributed by atoms with Crippen molar-refractivity contribution in [2.45, 2.75) is 297 Å². The molecule has 0 aliphatic heterocycles. The fraction of sp³-hybridized carbons (Fsp3) is 0.716. The minimum atomic E-state index is -0.798. The summed E-state index contributed by atoms with van der Waals surface area (Å²) < 4.78 is 16.9. The predicted octanol–water partition coefficient (Wildman–Crippen LogP) is 20.9. The number of rotatable bonds is 55. The van der Waals surface area contributed by atoms with E-state index in [-0.39, 0.29) is 31.1 Å². The summed E-state index contributed by atoms with van der Waals surface area (Å²) in [6.07, 6.45) is 81.1. The average Bonchev–Trinajstić information content (AvgIpc) is 3.39. The van der Waals surface area contributed by atoms with Crippen LogP contribution in [0.2, 0.25) is 0 Å². The smallest absolute Gasteiger partial charge is 0.306 e. The van der Waals surface area contributed by atoms with Gasteiger partial charge in [-0.1, -0.05) is 246 Å². The Hall–Kier alpha value is -3.67. The average molecular weight is 1020 g/mol. The van der Waals surface area contributed by atoms with Gasteiger partial charge in [-0.05, 0) is 122 Å². The van der Waals surface area contributed by atoms with Gasteiger partial charge in [-0.2, -0.15) is 0 Å². The van der Waals surface area contributed by atoms with Crippen LogP contribution in [0.25, 0.3) is 0 Å². The highest BCUT2D eigenvalue weighted by atomic mass is 16.6. The molecule has 0 amide bonds. The van der Waals surface area contributed by atoms with Gasteiger partial charge in [-0.25, -0.2) is 0 Å². The first-order valence-corrected chi connectivity index (χ1v) is 30.7. The van der Waals surface area contributed by atoms with Crippen LogP contribution in [0.5, 0.6) is 0 Å². The largest absolute Gasteiger partial charge is 0.462 e. The zero-order valence-electron chi connectivity index (χ0n) is 47.9. The Morgan fingerprint density at radius 3 is 0.890 bits per heavy atom. The van der Waals surface area contributed by atoms with E-state index < -0.39 is 6.10 Å². The van der Waals surface area contributed by atoms with Crippen LogP contribution in [-0.2, 0) is 28.6 Å². The monoisotopic (exact) mass is 1010 g/mol. The SMILES string of the molecule is CC/C=C\C/C=C\C/C=C\C/C=C\C/C=C\CCCCCC(=O)OC[C@H](COC(=O)CCCCCCCCCCC/C=C\CCCCCCCC)OC(=O)CCCCCCCCC/C=C\C/C=C\CCCCC. The molecule has 0 aliphatic carbocycles. The van der Waals surface area contributed by atoms with E-state index in [1.54, 1.807) is 0 Å². The molecule has 0 bridgehead atoms. The Balaban J connectivity index is 4.45. The minimum absolute atomic E-state index is 0.0923. The van der Waals surface area contributed by atoms with Crippen LogP contribution < -0.4 is 0 Å². The fourth-order valence-electron chi connectivity index (χ4n) is 8.44. The van der Waals surface area contributed by atoms with Crippen LogP contribution in [0.15, 0.2) is 97.2 Å². The minimum Gasteiger partial charge on any atom is -0.462 e. The van der Waals surface area contributed by atoms with E-state index in [1.807, 2.05) is 0 Å². The molecule has 0 aromatic carbocycles. The molecule has 418 valence electrons. The summed E-state index contributed by atoms with van der Waals surface area (Å²) in [6.45, 7) is 6.48. The molecule has 0 saturated heterocycles. The van der Waals surface area contributed by atoms with Gasteiger partial charge < -0.3 is 14.2 Å². The van der Waals surface area contributed by atoms with Crippen molar-refractivity contribution in [1.29, 1.82) is 0 Å². The third-order valence-corrected chi connectivity index (χ3v) is 13.0.